The predicted octanol–water partition coefficient (Wildman–Crippen LogP) is 6.15. The number of rotatable bonds is 6. The molecule has 0 aliphatic rings. The number of carbonyl (C=O) groups excluding carboxylic acids is 2. The minimum absolute atomic E-state index is 0.203. The SMILES string of the molecule is CCOC(=O)c1c(-c2ccc(F)cc2)csc1NC(=O)C=Cc1ccc(Br)cc1. The van der Waals surface area contributed by atoms with Gasteiger partial charge in [-0.3, -0.25) is 4.79 Å². The molecule has 4 nitrogen and oxygen atoms in total. The van der Waals surface area contributed by atoms with E-state index < -0.39 is 5.97 Å². The summed E-state index contributed by atoms with van der Waals surface area (Å²) in [5.41, 5.74) is 2.37. The van der Waals surface area contributed by atoms with Gasteiger partial charge in [0.1, 0.15) is 16.4 Å². The highest BCUT2D eigenvalue weighted by molar-refractivity contribution is 9.10. The van der Waals surface area contributed by atoms with Crippen molar-refractivity contribution in [2.24, 2.45) is 0 Å². The van der Waals surface area contributed by atoms with Gasteiger partial charge in [-0.1, -0.05) is 40.2 Å². The number of anilines is 1. The Kier molecular flexibility index (Phi) is 6.95. The molecular weight excluding hydrogens is 457 g/mol. The van der Waals surface area contributed by atoms with Crippen molar-refractivity contribution in [1.82, 2.24) is 0 Å². The summed E-state index contributed by atoms with van der Waals surface area (Å²) < 4.78 is 19.4. The van der Waals surface area contributed by atoms with Gasteiger partial charge in [0.05, 0.1) is 6.61 Å². The molecule has 0 atom stereocenters. The molecule has 7 heteroatoms. The van der Waals surface area contributed by atoms with Crippen LogP contribution in [0, 0.1) is 5.82 Å². The van der Waals surface area contributed by atoms with Gasteiger partial charge in [0.15, 0.2) is 0 Å². The Morgan fingerprint density at radius 3 is 2.48 bits per heavy atom. The summed E-state index contributed by atoms with van der Waals surface area (Å²) >= 11 is 4.58. The van der Waals surface area contributed by atoms with Gasteiger partial charge in [0.25, 0.3) is 0 Å². The molecule has 148 valence electrons. The molecule has 0 aliphatic heterocycles. The third kappa shape index (κ3) is 5.40. The Labute approximate surface area is 180 Å². The van der Waals surface area contributed by atoms with Crippen LogP contribution in [-0.4, -0.2) is 18.5 Å². The number of benzene rings is 2. The van der Waals surface area contributed by atoms with E-state index in [0.717, 1.165) is 10.0 Å². The van der Waals surface area contributed by atoms with Crippen molar-refractivity contribution < 1.29 is 18.7 Å². The van der Waals surface area contributed by atoms with E-state index >= 15 is 0 Å². The molecule has 0 bridgehead atoms. The van der Waals surface area contributed by atoms with Crippen molar-refractivity contribution in [3.8, 4) is 11.1 Å². The summed E-state index contributed by atoms with van der Waals surface area (Å²) in [5.74, 6) is -1.28. The quantitative estimate of drug-likeness (QED) is 0.345. The van der Waals surface area contributed by atoms with Crippen LogP contribution in [0.2, 0.25) is 0 Å². The lowest BCUT2D eigenvalue weighted by Gasteiger charge is -2.08. The van der Waals surface area contributed by atoms with E-state index in [0.29, 0.717) is 16.1 Å². The zero-order valence-corrected chi connectivity index (χ0v) is 17.8. The molecule has 0 fully saturated rings. The average Bonchev–Trinajstić information content (AvgIpc) is 3.12. The van der Waals surface area contributed by atoms with E-state index in [9.17, 15) is 14.0 Å². The van der Waals surface area contributed by atoms with Gasteiger partial charge < -0.3 is 10.1 Å². The highest BCUT2D eigenvalue weighted by atomic mass is 79.9. The third-order valence-corrected chi connectivity index (χ3v) is 5.38. The van der Waals surface area contributed by atoms with Crippen LogP contribution in [-0.2, 0) is 9.53 Å². The fourth-order valence-electron chi connectivity index (χ4n) is 2.60. The van der Waals surface area contributed by atoms with E-state index in [4.69, 9.17) is 4.74 Å². The molecule has 3 aromatic rings. The highest BCUT2D eigenvalue weighted by Crippen LogP contribution is 2.36. The summed E-state index contributed by atoms with van der Waals surface area (Å²) in [6.07, 6.45) is 3.08. The lowest BCUT2D eigenvalue weighted by Crippen LogP contribution is -2.12. The lowest BCUT2D eigenvalue weighted by molar-refractivity contribution is -0.111. The first-order valence-electron chi connectivity index (χ1n) is 8.77. The molecule has 2 aromatic carbocycles. The van der Waals surface area contributed by atoms with Crippen molar-refractivity contribution in [3.63, 3.8) is 0 Å². The van der Waals surface area contributed by atoms with Crippen LogP contribution in [0.5, 0.6) is 0 Å². The van der Waals surface area contributed by atoms with Crippen LogP contribution < -0.4 is 5.32 Å². The minimum Gasteiger partial charge on any atom is -0.462 e. The molecule has 0 unspecified atom stereocenters. The van der Waals surface area contributed by atoms with Crippen molar-refractivity contribution in [2.75, 3.05) is 11.9 Å². The molecule has 1 N–H and O–H groups in total. The topological polar surface area (TPSA) is 55.4 Å². The molecular formula is C22H17BrFNO3S. The first-order valence-corrected chi connectivity index (χ1v) is 10.4. The van der Waals surface area contributed by atoms with Gasteiger partial charge in [-0.25, -0.2) is 9.18 Å². The van der Waals surface area contributed by atoms with E-state index in [2.05, 4.69) is 21.2 Å². The normalized spacial score (nSPS) is 10.9. The maximum absolute atomic E-state index is 13.3. The standard InChI is InChI=1S/C22H17BrFNO3S/c1-2-28-22(27)20-18(15-6-10-17(24)11-7-15)13-29-21(20)25-19(26)12-5-14-3-8-16(23)9-4-14/h3-13H,2H2,1H3,(H,25,26). The van der Waals surface area contributed by atoms with Gasteiger partial charge in [-0.05, 0) is 48.4 Å². The third-order valence-electron chi connectivity index (χ3n) is 3.96. The van der Waals surface area contributed by atoms with Gasteiger partial charge in [-0.2, -0.15) is 0 Å². The van der Waals surface area contributed by atoms with Gasteiger partial charge in [0, 0.05) is 21.5 Å². The number of thiophene rings is 1. The Hall–Kier alpha value is -2.77. The van der Waals surface area contributed by atoms with Crippen LogP contribution in [0.15, 0.2) is 64.5 Å². The number of hydrogen-bond acceptors (Lipinski definition) is 4. The Balaban J connectivity index is 1.86. The molecule has 0 spiro atoms. The maximum atomic E-state index is 13.3. The molecule has 1 aromatic heterocycles. The Morgan fingerprint density at radius 2 is 1.83 bits per heavy atom. The number of carbonyl (C=O) groups is 2. The number of esters is 1. The summed E-state index contributed by atoms with van der Waals surface area (Å²) in [4.78, 5) is 24.9. The van der Waals surface area contributed by atoms with E-state index in [-0.39, 0.29) is 23.9 Å². The number of ether oxygens (including phenoxy) is 1. The van der Waals surface area contributed by atoms with Crippen molar-refractivity contribution in [3.05, 3.63) is 81.4 Å². The van der Waals surface area contributed by atoms with Crippen molar-refractivity contribution in [2.45, 2.75) is 6.92 Å². The molecule has 3 rings (SSSR count). The van der Waals surface area contributed by atoms with E-state index in [1.807, 2.05) is 24.3 Å². The molecule has 0 radical (unpaired) electrons. The van der Waals surface area contributed by atoms with Gasteiger partial charge in [-0.15, -0.1) is 11.3 Å². The van der Waals surface area contributed by atoms with Crippen LogP contribution >= 0.6 is 27.3 Å². The second-order valence-corrected chi connectivity index (χ2v) is 7.75. The molecule has 0 saturated heterocycles. The van der Waals surface area contributed by atoms with E-state index in [1.165, 1.54) is 29.5 Å². The Bertz CT molecular complexity index is 1040. The second kappa shape index (κ2) is 9.62. The summed E-state index contributed by atoms with van der Waals surface area (Å²) in [5, 5.41) is 4.87. The van der Waals surface area contributed by atoms with Crippen LogP contribution in [0.3, 0.4) is 0 Å². The molecule has 0 aliphatic carbocycles. The largest absolute Gasteiger partial charge is 0.462 e. The molecule has 1 amide bonds. The number of halogens is 2. The molecule has 1 heterocycles. The second-order valence-electron chi connectivity index (χ2n) is 5.96. The predicted molar refractivity (Wildman–Crippen MR) is 117 cm³/mol. The summed E-state index contributed by atoms with van der Waals surface area (Å²) in [6, 6.07) is 13.3. The number of hydrogen-bond donors (Lipinski definition) is 1. The van der Waals surface area contributed by atoms with Crippen molar-refractivity contribution in [1.29, 1.82) is 0 Å². The van der Waals surface area contributed by atoms with Crippen LogP contribution in [0.25, 0.3) is 17.2 Å². The van der Waals surface area contributed by atoms with Gasteiger partial charge >= 0.3 is 5.97 Å². The maximum Gasteiger partial charge on any atom is 0.341 e. The van der Waals surface area contributed by atoms with Crippen molar-refractivity contribution >= 4 is 50.2 Å². The minimum atomic E-state index is -0.541. The summed E-state index contributed by atoms with van der Waals surface area (Å²) in [7, 11) is 0. The molecule has 29 heavy (non-hydrogen) atoms. The zero-order chi connectivity index (χ0) is 20.8. The fourth-order valence-corrected chi connectivity index (χ4v) is 3.82. The first-order chi connectivity index (χ1) is 14.0. The lowest BCUT2D eigenvalue weighted by atomic mass is 10.0. The smallest absolute Gasteiger partial charge is 0.341 e. The van der Waals surface area contributed by atoms with Crippen LogP contribution in [0.4, 0.5) is 9.39 Å². The number of amides is 1. The highest BCUT2D eigenvalue weighted by Gasteiger charge is 2.22. The van der Waals surface area contributed by atoms with Gasteiger partial charge in [0.2, 0.25) is 5.91 Å². The number of nitrogens with one attached hydrogen (secondary N) is 1. The van der Waals surface area contributed by atoms with Crippen LogP contribution in [0.1, 0.15) is 22.8 Å². The first kappa shape index (κ1) is 21.0. The summed E-state index contributed by atoms with van der Waals surface area (Å²) in [6.45, 7) is 1.91. The average molecular weight is 474 g/mol. The molecule has 0 saturated carbocycles. The zero-order valence-electron chi connectivity index (χ0n) is 15.4. The monoisotopic (exact) mass is 473 g/mol. The fraction of sp³-hybridized carbons (Fsp3) is 0.0909. The Morgan fingerprint density at radius 1 is 1.14 bits per heavy atom. The van der Waals surface area contributed by atoms with E-state index in [1.54, 1.807) is 30.5 Å².